The lowest BCUT2D eigenvalue weighted by Gasteiger charge is -2.30. The van der Waals surface area contributed by atoms with Gasteiger partial charge in [0.15, 0.2) is 0 Å². The van der Waals surface area contributed by atoms with E-state index >= 15 is 0 Å². The highest BCUT2D eigenvalue weighted by Gasteiger charge is 2.37. The molecule has 1 heterocycles. The van der Waals surface area contributed by atoms with Crippen LogP contribution >= 0.6 is 0 Å². The van der Waals surface area contributed by atoms with Crippen molar-refractivity contribution in [3.63, 3.8) is 0 Å². The van der Waals surface area contributed by atoms with Crippen molar-refractivity contribution in [3.8, 4) is 50.2 Å². The second-order valence-corrected chi connectivity index (χ2v) is 18.1. The summed E-state index contributed by atoms with van der Waals surface area (Å²) in [5.41, 5.74) is 22.4. The van der Waals surface area contributed by atoms with E-state index in [-0.39, 0.29) is 10.8 Å². The number of aromatic nitrogens is 1. The van der Waals surface area contributed by atoms with Gasteiger partial charge >= 0.3 is 0 Å². The van der Waals surface area contributed by atoms with Gasteiger partial charge in [-0.2, -0.15) is 0 Å². The predicted molar refractivity (Wildman–Crippen MR) is 261 cm³/mol. The Kier molecular flexibility index (Phi) is 7.96. The summed E-state index contributed by atoms with van der Waals surface area (Å²) in [6.07, 6.45) is 0. The van der Waals surface area contributed by atoms with E-state index in [4.69, 9.17) is 0 Å². The first-order chi connectivity index (χ1) is 30.3. The molecule has 0 saturated carbocycles. The first-order valence-corrected chi connectivity index (χ1v) is 21.8. The third kappa shape index (κ3) is 5.36. The Morgan fingerprint density at radius 1 is 0.339 bits per heavy atom. The van der Waals surface area contributed by atoms with Crippen LogP contribution in [0.3, 0.4) is 0 Å². The highest BCUT2D eigenvalue weighted by Crippen LogP contribution is 2.53. The topological polar surface area (TPSA) is 8.17 Å². The van der Waals surface area contributed by atoms with E-state index in [9.17, 15) is 0 Å². The summed E-state index contributed by atoms with van der Waals surface area (Å²) < 4.78 is 2.38. The van der Waals surface area contributed by atoms with E-state index in [0.29, 0.717) is 0 Å². The number of nitrogens with zero attached hydrogens (tertiary/aromatic N) is 2. The first kappa shape index (κ1) is 36.4. The fourth-order valence-electron chi connectivity index (χ4n) is 10.8. The van der Waals surface area contributed by atoms with Crippen LogP contribution in [0.15, 0.2) is 206 Å². The largest absolute Gasteiger partial charge is 0.310 e. The molecule has 0 unspecified atom stereocenters. The van der Waals surface area contributed by atoms with E-state index in [0.717, 1.165) is 22.7 Å². The molecular formula is C60H46N2. The lowest BCUT2D eigenvalue weighted by Crippen LogP contribution is -2.17. The van der Waals surface area contributed by atoms with Gasteiger partial charge in [0.2, 0.25) is 0 Å². The zero-order chi connectivity index (χ0) is 41.7. The van der Waals surface area contributed by atoms with Crippen LogP contribution in [0.1, 0.15) is 49.9 Å². The summed E-state index contributed by atoms with van der Waals surface area (Å²) in [6, 6.07) is 76.5. The van der Waals surface area contributed by atoms with Crippen LogP contribution < -0.4 is 4.90 Å². The molecular weight excluding hydrogens is 749 g/mol. The average Bonchev–Trinajstić information content (AvgIpc) is 3.86. The van der Waals surface area contributed by atoms with Crippen LogP contribution in [0.4, 0.5) is 17.1 Å². The van der Waals surface area contributed by atoms with Crippen LogP contribution in [0.25, 0.3) is 72.0 Å². The van der Waals surface area contributed by atoms with Gasteiger partial charge in [0.05, 0.1) is 16.7 Å². The lowest BCUT2D eigenvalue weighted by molar-refractivity contribution is 0.660. The minimum Gasteiger partial charge on any atom is -0.310 e. The number of fused-ring (bicyclic) bond motifs is 9. The molecule has 0 atom stereocenters. The Bertz CT molecular complexity index is 3340. The Morgan fingerprint density at radius 3 is 1.39 bits per heavy atom. The molecule has 2 aliphatic rings. The third-order valence-corrected chi connectivity index (χ3v) is 14.0. The Balaban J connectivity index is 0.967. The molecule has 0 radical (unpaired) electrons. The molecule has 0 spiro atoms. The molecule has 0 amide bonds. The van der Waals surface area contributed by atoms with Gasteiger partial charge in [0.1, 0.15) is 0 Å². The Labute approximate surface area is 364 Å². The highest BCUT2D eigenvalue weighted by molar-refractivity contribution is 6.09. The van der Waals surface area contributed by atoms with Crippen LogP contribution in [0, 0.1) is 0 Å². The van der Waals surface area contributed by atoms with Gasteiger partial charge in [-0.05, 0) is 122 Å². The maximum absolute atomic E-state index is 2.47. The second-order valence-electron chi connectivity index (χ2n) is 18.1. The molecule has 1 aromatic heterocycles. The van der Waals surface area contributed by atoms with Gasteiger partial charge in [-0.3, -0.25) is 0 Å². The van der Waals surface area contributed by atoms with E-state index in [1.165, 1.54) is 88.6 Å². The number of rotatable bonds is 6. The van der Waals surface area contributed by atoms with Crippen LogP contribution in [0.5, 0.6) is 0 Å². The van der Waals surface area contributed by atoms with Crippen molar-refractivity contribution in [2.75, 3.05) is 4.90 Å². The maximum atomic E-state index is 2.47. The minimum atomic E-state index is -0.122. The smallest absolute Gasteiger partial charge is 0.0541 e. The molecule has 296 valence electrons. The van der Waals surface area contributed by atoms with Crippen molar-refractivity contribution in [3.05, 3.63) is 229 Å². The number of hydrogen-bond donors (Lipinski definition) is 0. The molecule has 0 bridgehead atoms. The van der Waals surface area contributed by atoms with E-state index in [1.54, 1.807) is 0 Å². The molecule has 2 nitrogen and oxygen atoms in total. The Morgan fingerprint density at radius 2 is 0.774 bits per heavy atom. The van der Waals surface area contributed by atoms with E-state index in [2.05, 4.69) is 243 Å². The van der Waals surface area contributed by atoms with Gasteiger partial charge in [-0.15, -0.1) is 0 Å². The number of hydrogen-bond acceptors (Lipinski definition) is 1. The zero-order valence-corrected chi connectivity index (χ0v) is 35.5. The molecule has 2 aliphatic carbocycles. The summed E-state index contributed by atoms with van der Waals surface area (Å²) in [4.78, 5) is 2.47. The standard InChI is InChI=1S/C60H46N2/c1-59(2)52-20-10-5-16-46(52)48-35-29-41(37-54(48)59)45-15-7-12-22-56(45)61(44-34-36-49-47-17-6-11-21-53(47)60(3,4)55(49)38-44)42-30-25-39(26-31-42)40-27-32-43(33-28-40)62-57-23-13-8-18-50(57)51-19-9-14-24-58(51)62/h5-38H,1-4H3. The van der Waals surface area contributed by atoms with Crippen molar-refractivity contribution < 1.29 is 0 Å². The zero-order valence-electron chi connectivity index (χ0n) is 35.5. The maximum Gasteiger partial charge on any atom is 0.0541 e. The van der Waals surface area contributed by atoms with Gasteiger partial charge in [0.25, 0.3) is 0 Å². The lowest BCUT2D eigenvalue weighted by atomic mass is 9.81. The molecule has 0 fully saturated rings. The van der Waals surface area contributed by atoms with Crippen molar-refractivity contribution in [2.45, 2.75) is 38.5 Å². The third-order valence-electron chi connectivity index (χ3n) is 14.0. The van der Waals surface area contributed by atoms with Crippen molar-refractivity contribution in [1.82, 2.24) is 4.57 Å². The van der Waals surface area contributed by atoms with Crippen LogP contribution in [-0.4, -0.2) is 4.57 Å². The quantitative estimate of drug-likeness (QED) is 0.163. The highest BCUT2D eigenvalue weighted by atomic mass is 15.1. The van der Waals surface area contributed by atoms with Gasteiger partial charge in [0, 0.05) is 44.2 Å². The SMILES string of the molecule is CC1(C)c2ccccc2-c2ccc(-c3ccccc3N(c3ccc(-c4ccc(-n5c6ccccc6c6ccccc65)cc4)cc3)c3ccc4c(c3)C(C)(C)c3ccccc3-4)cc21. The van der Waals surface area contributed by atoms with Crippen LogP contribution in [-0.2, 0) is 10.8 Å². The van der Waals surface area contributed by atoms with Crippen molar-refractivity contribution in [1.29, 1.82) is 0 Å². The summed E-state index contributed by atoms with van der Waals surface area (Å²) in [5, 5.41) is 2.55. The number of para-hydroxylation sites is 3. The van der Waals surface area contributed by atoms with Crippen LogP contribution in [0.2, 0.25) is 0 Å². The number of benzene rings is 9. The molecule has 0 saturated heterocycles. The normalized spacial score (nSPS) is 14.1. The second kappa shape index (κ2) is 13.5. The fraction of sp³-hybridized carbons (Fsp3) is 0.100. The summed E-state index contributed by atoms with van der Waals surface area (Å²) in [7, 11) is 0. The monoisotopic (exact) mass is 794 g/mol. The van der Waals surface area contributed by atoms with Crippen molar-refractivity contribution in [2.24, 2.45) is 0 Å². The minimum absolute atomic E-state index is 0.0887. The van der Waals surface area contributed by atoms with Gasteiger partial charge in [-0.25, -0.2) is 0 Å². The van der Waals surface area contributed by atoms with E-state index in [1.807, 2.05) is 0 Å². The summed E-state index contributed by atoms with van der Waals surface area (Å²) in [6.45, 7) is 9.46. The van der Waals surface area contributed by atoms with Crippen molar-refractivity contribution >= 4 is 38.9 Å². The molecule has 10 aromatic rings. The predicted octanol–water partition coefficient (Wildman–Crippen LogP) is 16.2. The molecule has 62 heavy (non-hydrogen) atoms. The molecule has 2 heteroatoms. The summed E-state index contributed by atoms with van der Waals surface area (Å²) >= 11 is 0. The molecule has 0 aliphatic heterocycles. The Hall–Kier alpha value is -7.42. The fourth-order valence-corrected chi connectivity index (χ4v) is 10.8. The molecule has 0 N–H and O–H groups in total. The van der Waals surface area contributed by atoms with Gasteiger partial charge < -0.3 is 9.47 Å². The molecule has 9 aromatic carbocycles. The number of anilines is 3. The average molecular weight is 795 g/mol. The first-order valence-electron chi connectivity index (χ1n) is 21.8. The van der Waals surface area contributed by atoms with E-state index < -0.39 is 0 Å². The van der Waals surface area contributed by atoms with Gasteiger partial charge in [-0.1, -0.05) is 173 Å². The summed E-state index contributed by atoms with van der Waals surface area (Å²) in [5.74, 6) is 0. The molecule has 12 rings (SSSR count).